The lowest BCUT2D eigenvalue weighted by molar-refractivity contribution is 0.0738. The molecule has 0 radical (unpaired) electrons. The van der Waals surface area contributed by atoms with E-state index in [-0.39, 0.29) is 11.9 Å². The molecule has 17 heavy (non-hydrogen) atoms. The minimum Gasteiger partial charge on any atom is -0.334 e. The van der Waals surface area contributed by atoms with Crippen LogP contribution in [0.2, 0.25) is 8.67 Å². The zero-order valence-electron chi connectivity index (χ0n) is 9.50. The van der Waals surface area contributed by atoms with Crippen LogP contribution in [-0.2, 0) is 0 Å². The first-order valence-corrected chi connectivity index (χ1v) is 7.11. The molecular formula is C11H14Cl2N2OS. The van der Waals surface area contributed by atoms with Gasteiger partial charge in [-0.3, -0.25) is 4.79 Å². The van der Waals surface area contributed by atoms with Gasteiger partial charge in [0.15, 0.2) is 0 Å². The van der Waals surface area contributed by atoms with Gasteiger partial charge < -0.3 is 10.2 Å². The SMILES string of the molecule is CNCC1CCCN1C(=O)c1cc(Cl)sc1Cl. The Morgan fingerprint density at radius 3 is 3.00 bits per heavy atom. The average Bonchev–Trinajstić information content (AvgIpc) is 2.85. The molecule has 2 heterocycles. The summed E-state index contributed by atoms with van der Waals surface area (Å²) in [7, 11) is 1.90. The van der Waals surface area contributed by atoms with Crippen LogP contribution >= 0.6 is 34.5 Å². The molecule has 1 aromatic heterocycles. The molecule has 1 unspecified atom stereocenters. The molecule has 1 N–H and O–H groups in total. The van der Waals surface area contributed by atoms with Crippen LogP contribution in [0.1, 0.15) is 23.2 Å². The van der Waals surface area contributed by atoms with Crippen molar-refractivity contribution >= 4 is 40.4 Å². The van der Waals surface area contributed by atoms with E-state index in [1.165, 1.54) is 11.3 Å². The summed E-state index contributed by atoms with van der Waals surface area (Å²) in [6, 6.07) is 1.92. The fraction of sp³-hybridized carbons (Fsp3) is 0.545. The van der Waals surface area contributed by atoms with Crippen LogP contribution in [0.4, 0.5) is 0 Å². The third-order valence-corrected chi connectivity index (χ3v) is 4.45. The topological polar surface area (TPSA) is 32.3 Å². The van der Waals surface area contributed by atoms with Crippen LogP contribution in [0.15, 0.2) is 6.07 Å². The zero-order valence-corrected chi connectivity index (χ0v) is 11.8. The van der Waals surface area contributed by atoms with Gasteiger partial charge in [-0.1, -0.05) is 23.2 Å². The standard InChI is InChI=1S/C11H14Cl2N2OS/c1-14-6-7-3-2-4-15(7)11(16)8-5-9(12)17-10(8)13/h5,7,14H,2-4,6H2,1H3. The average molecular weight is 293 g/mol. The predicted molar refractivity (Wildman–Crippen MR) is 72.3 cm³/mol. The Labute approximate surface area is 115 Å². The van der Waals surface area contributed by atoms with E-state index < -0.39 is 0 Å². The van der Waals surface area contributed by atoms with Crippen molar-refractivity contribution < 1.29 is 4.79 Å². The molecule has 1 amide bonds. The molecule has 1 aromatic rings. The van der Waals surface area contributed by atoms with Gasteiger partial charge in [0, 0.05) is 19.1 Å². The number of rotatable bonds is 3. The van der Waals surface area contributed by atoms with E-state index in [0.717, 1.165) is 25.9 Å². The molecule has 3 nitrogen and oxygen atoms in total. The second kappa shape index (κ2) is 5.57. The van der Waals surface area contributed by atoms with Crippen molar-refractivity contribution in [3.8, 4) is 0 Å². The summed E-state index contributed by atoms with van der Waals surface area (Å²) in [5, 5.41) is 3.12. The lowest BCUT2D eigenvalue weighted by Gasteiger charge is -2.24. The largest absolute Gasteiger partial charge is 0.334 e. The van der Waals surface area contributed by atoms with Gasteiger partial charge >= 0.3 is 0 Å². The number of amides is 1. The number of nitrogens with zero attached hydrogens (tertiary/aromatic N) is 1. The van der Waals surface area contributed by atoms with Crippen LogP contribution < -0.4 is 5.32 Å². The number of carbonyl (C=O) groups excluding carboxylic acids is 1. The van der Waals surface area contributed by atoms with Gasteiger partial charge in [-0.2, -0.15) is 0 Å². The Hall–Kier alpha value is -0.290. The number of halogens is 2. The van der Waals surface area contributed by atoms with Crippen LogP contribution in [0.3, 0.4) is 0 Å². The molecule has 0 bridgehead atoms. The lowest BCUT2D eigenvalue weighted by Crippen LogP contribution is -2.40. The molecule has 2 rings (SSSR count). The van der Waals surface area contributed by atoms with Crippen molar-refractivity contribution in [1.29, 1.82) is 0 Å². The molecule has 1 aliphatic rings. The quantitative estimate of drug-likeness (QED) is 0.929. The maximum Gasteiger partial charge on any atom is 0.256 e. The Morgan fingerprint density at radius 1 is 1.65 bits per heavy atom. The summed E-state index contributed by atoms with van der Waals surface area (Å²) in [5.74, 6) is -0.00380. The maximum absolute atomic E-state index is 12.3. The highest BCUT2D eigenvalue weighted by atomic mass is 35.5. The number of carbonyl (C=O) groups is 1. The molecular weight excluding hydrogens is 279 g/mol. The van der Waals surface area contributed by atoms with Gasteiger partial charge in [-0.05, 0) is 26.0 Å². The molecule has 1 aliphatic heterocycles. The summed E-state index contributed by atoms with van der Waals surface area (Å²) in [6.45, 7) is 1.62. The Balaban J connectivity index is 2.16. The first kappa shape index (κ1) is 13.1. The Bertz CT molecular complexity index is 422. The highest BCUT2D eigenvalue weighted by Gasteiger charge is 2.30. The number of likely N-dealkylation sites (tertiary alicyclic amines) is 1. The Kier molecular flexibility index (Phi) is 4.31. The fourth-order valence-corrected chi connectivity index (χ4v) is 3.64. The van der Waals surface area contributed by atoms with E-state index in [2.05, 4.69) is 5.32 Å². The number of hydrogen-bond donors (Lipinski definition) is 1. The monoisotopic (exact) mass is 292 g/mol. The number of hydrogen-bond acceptors (Lipinski definition) is 3. The van der Waals surface area contributed by atoms with Crippen molar-refractivity contribution in [2.75, 3.05) is 20.1 Å². The van der Waals surface area contributed by atoms with Gasteiger partial charge in [0.25, 0.3) is 5.91 Å². The van der Waals surface area contributed by atoms with E-state index in [1.54, 1.807) is 6.07 Å². The third kappa shape index (κ3) is 2.76. The van der Waals surface area contributed by atoms with E-state index in [1.807, 2.05) is 11.9 Å². The third-order valence-electron chi connectivity index (χ3n) is 2.96. The first-order chi connectivity index (χ1) is 8.13. The van der Waals surface area contributed by atoms with Crippen molar-refractivity contribution in [3.63, 3.8) is 0 Å². The normalized spacial score (nSPS) is 19.9. The van der Waals surface area contributed by atoms with Gasteiger partial charge in [0.2, 0.25) is 0 Å². The van der Waals surface area contributed by atoms with Crippen LogP contribution in [0.25, 0.3) is 0 Å². The van der Waals surface area contributed by atoms with Gasteiger partial charge in [-0.25, -0.2) is 0 Å². The van der Waals surface area contributed by atoms with Crippen LogP contribution in [0, 0.1) is 0 Å². The summed E-state index contributed by atoms with van der Waals surface area (Å²) < 4.78 is 1.04. The second-order valence-corrected chi connectivity index (χ2v) is 6.38. The lowest BCUT2D eigenvalue weighted by atomic mass is 10.2. The van der Waals surface area contributed by atoms with E-state index in [9.17, 15) is 4.79 Å². The second-order valence-electron chi connectivity index (χ2n) is 4.09. The maximum atomic E-state index is 12.3. The molecule has 6 heteroatoms. The number of likely N-dealkylation sites (N-methyl/N-ethyl adjacent to an activating group) is 1. The van der Waals surface area contributed by atoms with Crippen molar-refractivity contribution in [3.05, 3.63) is 20.3 Å². The van der Waals surface area contributed by atoms with Crippen molar-refractivity contribution in [2.24, 2.45) is 0 Å². The first-order valence-electron chi connectivity index (χ1n) is 5.54. The highest BCUT2D eigenvalue weighted by molar-refractivity contribution is 7.20. The molecule has 1 fully saturated rings. The summed E-state index contributed by atoms with van der Waals surface area (Å²) in [6.07, 6.45) is 2.09. The summed E-state index contributed by atoms with van der Waals surface area (Å²) in [4.78, 5) is 14.2. The molecule has 1 saturated heterocycles. The van der Waals surface area contributed by atoms with Crippen LogP contribution in [0.5, 0.6) is 0 Å². The minimum atomic E-state index is -0.00380. The molecule has 0 spiro atoms. The summed E-state index contributed by atoms with van der Waals surface area (Å²) >= 11 is 13.1. The summed E-state index contributed by atoms with van der Waals surface area (Å²) in [5.41, 5.74) is 0.532. The van der Waals surface area contributed by atoms with Gasteiger partial charge in [0.05, 0.1) is 9.90 Å². The number of nitrogens with one attached hydrogen (secondary N) is 1. The zero-order chi connectivity index (χ0) is 12.4. The van der Waals surface area contributed by atoms with E-state index in [0.29, 0.717) is 14.2 Å². The van der Waals surface area contributed by atoms with Crippen molar-refractivity contribution in [2.45, 2.75) is 18.9 Å². The molecule has 0 aromatic carbocycles. The Morgan fingerprint density at radius 2 is 2.41 bits per heavy atom. The molecule has 1 atom stereocenters. The smallest absolute Gasteiger partial charge is 0.256 e. The van der Waals surface area contributed by atoms with E-state index >= 15 is 0 Å². The van der Waals surface area contributed by atoms with Crippen molar-refractivity contribution in [1.82, 2.24) is 10.2 Å². The predicted octanol–water partition coefficient (Wildman–Crippen LogP) is 2.88. The van der Waals surface area contributed by atoms with Gasteiger partial charge in [0.1, 0.15) is 4.34 Å². The van der Waals surface area contributed by atoms with Crippen LogP contribution in [-0.4, -0.2) is 37.0 Å². The highest BCUT2D eigenvalue weighted by Crippen LogP contribution is 2.33. The molecule has 0 saturated carbocycles. The molecule has 94 valence electrons. The van der Waals surface area contributed by atoms with Gasteiger partial charge in [-0.15, -0.1) is 11.3 Å². The number of thiophene rings is 1. The molecule has 0 aliphatic carbocycles. The minimum absolute atomic E-state index is 0.00380. The fourth-order valence-electron chi connectivity index (χ4n) is 2.19. The van der Waals surface area contributed by atoms with E-state index in [4.69, 9.17) is 23.2 Å².